The number of nitrogens with zero attached hydrogens (tertiary/aromatic N) is 3. The number of pyridine rings is 1. The van der Waals surface area contributed by atoms with Gasteiger partial charge in [-0.25, -0.2) is 0 Å². The van der Waals surface area contributed by atoms with Gasteiger partial charge < -0.3 is 15.1 Å². The highest BCUT2D eigenvalue weighted by atomic mass is 16.2. The molecule has 1 N–H and O–H groups in total. The van der Waals surface area contributed by atoms with Crippen molar-refractivity contribution >= 4 is 17.7 Å². The summed E-state index contributed by atoms with van der Waals surface area (Å²) in [5.41, 5.74) is -0.0515. The number of carbonyl (C=O) groups is 3. The third kappa shape index (κ3) is 3.50. The van der Waals surface area contributed by atoms with E-state index in [1.165, 1.54) is 0 Å². The van der Waals surface area contributed by atoms with Gasteiger partial charge in [-0.2, -0.15) is 0 Å². The Labute approximate surface area is 147 Å². The Morgan fingerprint density at radius 3 is 2.88 bits per heavy atom. The average molecular weight is 344 g/mol. The molecule has 1 aromatic rings. The summed E-state index contributed by atoms with van der Waals surface area (Å²) in [6.07, 6.45) is 2.58. The van der Waals surface area contributed by atoms with Crippen molar-refractivity contribution < 1.29 is 14.4 Å². The first kappa shape index (κ1) is 17.4. The molecule has 1 atom stereocenters. The van der Waals surface area contributed by atoms with E-state index in [0.717, 1.165) is 5.69 Å². The molecule has 0 spiro atoms. The molecule has 2 aliphatic rings. The summed E-state index contributed by atoms with van der Waals surface area (Å²) in [5, 5.41) is 2.80. The van der Waals surface area contributed by atoms with Gasteiger partial charge in [0.1, 0.15) is 5.54 Å². The van der Waals surface area contributed by atoms with Gasteiger partial charge in [-0.15, -0.1) is 0 Å². The summed E-state index contributed by atoms with van der Waals surface area (Å²) >= 11 is 0. The zero-order chi connectivity index (χ0) is 18.0. The SMILES string of the molecule is CC1(C)C(=O)NCCN1C(=O)C1CCC(=O)N(Cc2ccccn2)C1. The Morgan fingerprint density at radius 1 is 1.36 bits per heavy atom. The van der Waals surface area contributed by atoms with Crippen LogP contribution in [0.5, 0.6) is 0 Å². The standard InChI is InChI=1S/C18H24N4O3/c1-18(2)17(25)20-9-10-22(18)16(24)13-6-7-15(23)21(11-13)12-14-5-3-4-8-19-14/h3-5,8,13H,6-7,9-12H2,1-2H3,(H,20,25). The molecule has 0 bridgehead atoms. The van der Waals surface area contributed by atoms with E-state index in [2.05, 4.69) is 10.3 Å². The molecule has 1 unspecified atom stereocenters. The minimum absolute atomic E-state index is 0.0432. The van der Waals surface area contributed by atoms with Gasteiger partial charge in [0.2, 0.25) is 17.7 Å². The highest BCUT2D eigenvalue weighted by Crippen LogP contribution is 2.26. The van der Waals surface area contributed by atoms with Crippen molar-refractivity contribution in [3.05, 3.63) is 30.1 Å². The lowest BCUT2D eigenvalue weighted by Gasteiger charge is -2.44. The van der Waals surface area contributed by atoms with Crippen LogP contribution in [0.1, 0.15) is 32.4 Å². The molecule has 134 valence electrons. The predicted molar refractivity (Wildman–Crippen MR) is 91.2 cm³/mol. The van der Waals surface area contributed by atoms with Crippen LogP contribution < -0.4 is 5.32 Å². The van der Waals surface area contributed by atoms with Gasteiger partial charge in [-0.1, -0.05) is 6.07 Å². The van der Waals surface area contributed by atoms with E-state index < -0.39 is 5.54 Å². The highest BCUT2D eigenvalue weighted by molar-refractivity contribution is 5.93. The zero-order valence-corrected chi connectivity index (χ0v) is 14.7. The van der Waals surface area contributed by atoms with Crippen LogP contribution in [-0.2, 0) is 20.9 Å². The minimum Gasteiger partial charge on any atom is -0.352 e. The van der Waals surface area contributed by atoms with Gasteiger partial charge in [0.25, 0.3) is 0 Å². The number of hydrogen-bond acceptors (Lipinski definition) is 4. The topological polar surface area (TPSA) is 82.6 Å². The van der Waals surface area contributed by atoms with Crippen molar-refractivity contribution in [3.8, 4) is 0 Å². The quantitative estimate of drug-likeness (QED) is 0.868. The van der Waals surface area contributed by atoms with Crippen LogP contribution in [0, 0.1) is 5.92 Å². The molecule has 3 amide bonds. The van der Waals surface area contributed by atoms with E-state index in [-0.39, 0.29) is 23.6 Å². The maximum atomic E-state index is 13.0. The smallest absolute Gasteiger partial charge is 0.245 e. The second-order valence-electron chi connectivity index (χ2n) is 7.14. The molecule has 3 rings (SSSR count). The molecule has 2 fully saturated rings. The van der Waals surface area contributed by atoms with Crippen LogP contribution in [0.2, 0.25) is 0 Å². The van der Waals surface area contributed by atoms with Crippen LogP contribution >= 0.6 is 0 Å². The van der Waals surface area contributed by atoms with E-state index in [0.29, 0.717) is 39.0 Å². The molecule has 0 aromatic carbocycles. The first-order chi connectivity index (χ1) is 11.9. The van der Waals surface area contributed by atoms with E-state index in [1.54, 1.807) is 29.8 Å². The first-order valence-electron chi connectivity index (χ1n) is 8.67. The fraction of sp³-hybridized carbons (Fsp3) is 0.556. The molecule has 0 aliphatic carbocycles. The largest absolute Gasteiger partial charge is 0.352 e. The molecular formula is C18H24N4O3. The fourth-order valence-electron chi connectivity index (χ4n) is 3.46. The Morgan fingerprint density at radius 2 is 2.16 bits per heavy atom. The van der Waals surface area contributed by atoms with Gasteiger partial charge in [0.15, 0.2) is 0 Å². The lowest BCUT2D eigenvalue weighted by atomic mass is 9.91. The summed E-state index contributed by atoms with van der Waals surface area (Å²) in [5.74, 6) is -0.403. The zero-order valence-electron chi connectivity index (χ0n) is 14.7. The number of nitrogens with one attached hydrogen (secondary N) is 1. The van der Waals surface area contributed by atoms with E-state index in [1.807, 2.05) is 18.2 Å². The second kappa shape index (κ2) is 6.82. The number of likely N-dealkylation sites (tertiary alicyclic amines) is 1. The second-order valence-corrected chi connectivity index (χ2v) is 7.14. The number of carbonyl (C=O) groups excluding carboxylic acids is 3. The van der Waals surface area contributed by atoms with E-state index in [4.69, 9.17) is 0 Å². The molecule has 0 saturated carbocycles. The number of hydrogen-bond donors (Lipinski definition) is 1. The number of piperidine rings is 1. The molecule has 1 aromatic heterocycles. The monoisotopic (exact) mass is 344 g/mol. The number of amides is 3. The molecule has 7 heteroatoms. The Hall–Kier alpha value is -2.44. The van der Waals surface area contributed by atoms with Gasteiger partial charge >= 0.3 is 0 Å². The fourth-order valence-corrected chi connectivity index (χ4v) is 3.46. The highest BCUT2D eigenvalue weighted by Gasteiger charge is 2.43. The Balaban J connectivity index is 1.71. The number of piperazine rings is 1. The summed E-state index contributed by atoms with van der Waals surface area (Å²) < 4.78 is 0. The first-order valence-corrected chi connectivity index (χ1v) is 8.67. The van der Waals surface area contributed by atoms with E-state index in [9.17, 15) is 14.4 Å². The molecule has 3 heterocycles. The average Bonchev–Trinajstić information content (AvgIpc) is 2.59. The maximum Gasteiger partial charge on any atom is 0.245 e. The van der Waals surface area contributed by atoms with Crippen molar-refractivity contribution in [3.63, 3.8) is 0 Å². The third-order valence-corrected chi connectivity index (χ3v) is 5.05. The molecule has 7 nitrogen and oxygen atoms in total. The Bertz CT molecular complexity index is 674. The van der Waals surface area contributed by atoms with Gasteiger partial charge in [0, 0.05) is 32.3 Å². The molecular weight excluding hydrogens is 320 g/mol. The van der Waals surface area contributed by atoms with Gasteiger partial charge in [0.05, 0.1) is 18.2 Å². The molecule has 2 saturated heterocycles. The van der Waals surface area contributed by atoms with Crippen molar-refractivity contribution in [2.24, 2.45) is 5.92 Å². The molecule has 25 heavy (non-hydrogen) atoms. The normalized spacial score (nSPS) is 23.4. The van der Waals surface area contributed by atoms with Crippen LogP contribution in [0.15, 0.2) is 24.4 Å². The summed E-state index contributed by atoms with van der Waals surface area (Å²) in [7, 11) is 0. The van der Waals surface area contributed by atoms with Crippen LogP contribution in [0.4, 0.5) is 0 Å². The summed E-state index contributed by atoms with van der Waals surface area (Å²) in [6.45, 7) is 5.29. The maximum absolute atomic E-state index is 13.0. The third-order valence-electron chi connectivity index (χ3n) is 5.05. The van der Waals surface area contributed by atoms with Crippen molar-refractivity contribution in [2.75, 3.05) is 19.6 Å². The van der Waals surface area contributed by atoms with E-state index >= 15 is 0 Å². The molecule has 0 radical (unpaired) electrons. The predicted octanol–water partition coefficient (Wildman–Crippen LogP) is 0.557. The number of aromatic nitrogens is 1. The Kier molecular flexibility index (Phi) is 4.74. The van der Waals surface area contributed by atoms with Gasteiger partial charge in [-0.3, -0.25) is 19.4 Å². The van der Waals surface area contributed by atoms with Crippen molar-refractivity contribution in [2.45, 2.75) is 38.8 Å². The lowest BCUT2D eigenvalue weighted by Crippen LogP contribution is -2.65. The van der Waals surface area contributed by atoms with Crippen LogP contribution in [-0.4, -0.2) is 57.7 Å². The van der Waals surface area contributed by atoms with Crippen LogP contribution in [0.25, 0.3) is 0 Å². The van der Waals surface area contributed by atoms with Crippen molar-refractivity contribution in [1.29, 1.82) is 0 Å². The lowest BCUT2D eigenvalue weighted by molar-refractivity contribution is -0.155. The minimum atomic E-state index is -0.859. The number of rotatable bonds is 3. The van der Waals surface area contributed by atoms with Gasteiger partial charge in [-0.05, 0) is 32.4 Å². The molecule has 2 aliphatic heterocycles. The summed E-state index contributed by atoms with van der Waals surface area (Å²) in [6, 6.07) is 5.59. The van der Waals surface area contributed by atoms with Crippen molar-refractivity contribution in [1.82, 2.24) is 20.1 Å². The van der Waals surface area contributed by atoms with Crippen LogP contribution in [0.3, 0.4) is 0 Å². The summed E-state index contributed by atoms with van der Waals surface area (Å²) in [4.78, 5) is 45.0.